The van der Waals surface area contributed by atoms with E-state index in [4.69, 9.17) is 0 Å². The molecule has 2 aromatic rings. The monoisotopic (exact) mass is 363 g/mol. The lowest BCUT2D eigenvalue weighted by molar-refractivity contribution is 0.0603. The van der Waals surface area contributed by atoms with Gasteiger partial charge in [-0.15, -0.1) is 0 Å². The number of hydrogen-bond donors (Lipinski definition) is 1. The van der Waals surface area contributed by atoms with E-state index in [9.17, 15) is 9.59 Å². The van der Waals surface area contributed by atoms with Gasteiger partial charge in [0.05, 0.1) is 11.3 Å². The fourth-order valence-electron chi connectivity index (χ4n) is 4.30. The molecule has 2 heterocycles. The highest BCUT2D eigenvalue weighted by Crippen LogP contribution is 2.37. The Hall–Kier alpha value is -2.82. The molecule has 0 unspecified atom stereocenters. The van der Waals surface area contributed by atoms with Crippen LogP contribution >= 0.6 is 0 Å². The Kier molecular flexibility index (Phi) is 4.38. The number of fused-ring (bicyclic) bond motifs is 1. The molecule has 4 rings (SSSR count). The number of nitrogens with one attached hydrogen (secondary N) is 1. The lowest BCUT2D eigenvalue weighted by Crippen LogP contribution is -2.68. The van der Waals surface area contributed by atoms with Crippen LogP contribution in [0.25, 0.3) is 0 Å². The van der Waals surface area contributed by atoms with E-state index in [1.807, 2.05) is 60.4 Å². The third-order valence-corrected chi connectivity index (χ3v) is 5.79. The van der Waals surface area contributed by atoms with Crippen LogP contribution in [0, 0.1) is 6.92 Å². The number of anilines is 1. The molecule has 27 heavy (non-hydrogen) atoms. The van der Waals surface area contributed by atoms with Gasteiger partial charge in [-0.1, -0.05) is 29.8 Å². The summed E-state index contributed by atoms with van der Waals surface area (Å²) in [6.45, 7) is 6.20. The summed E-state index contributed by atoms with van der Waals surface area (Å²) in [6.07, 6.45) is 1.44. The van der Waals surface area contributed by atoms with Gasteiger partial charge in [0, 0.05) is 38.0 Å². The Morgan fingerprint density at radius 1 is 1.07 bits per heavy atom. The molecule has 0 aromatic heterocycles. The van der Waals surface area contributed by atoms with E-state index in [2.05, 4.69) is 17.1 Å². The van der Waals surface area contributed by atoms with Gasteiger partial charge in [0.15, 0.2) is 0 Å². The first-order chi connectivity index (χ1) is 13.0. The summed E-state index contributed by atoms with van der Waals surface area (Å²) in [4.78, 5) is 29.7. The van der Waals surface area contributed by atoms with Gasteiger partial charge in [-0.3, -0.25) is 9.59 Å². The standard InChI is InChI=1S/C22H25N3O2/c1-3-25-19-7-5-4-6-18(19)20(26)23-22(25)12-14-24(15-13-22)21(27)17-10-8-16(2)9-11-17/h4-11H,3,12-15H2,1-2H3,(H,23,26). The quantitative estimate of drug-likeness (QED) is 0.891. The van der Waals surface area contributed by atoms with Crippen LogP contribution in [0.2, 0.25) is 0 Å². The second-order valence-corrected chi connectivity index (χ2v) is 7.41. The molecule has 2 aliphatic rings. The minimum absolute atomic E-state index is 0.0198. The molecule has 140 valence electrons. The van der Waals surface area contributed by atoms with Crippen molar-refractivity contribution in [1.82, 2.24) is 10.2 Å². The number of carbonyl (C=O) groups is 2. The largest absolute Gasteiger partial charge is 0.348 e. The number of carbonyl (C=O) groups excluding carboxylic acids is 2. The molecule has 0 saturated carbocycles. The summed E-state index contributed by atoms with van der Waals surface area (Å²) < 4.78 is 0. The SMILES string of the molecule is CCN1c2ccccc2C(=O)NC12CCN(C(=O)c1ccc(C)cc1)CC2. The van der Waals surface area contributed by atoms with Crippen LogP contribution in [0.1, 0.15) is 46.0 Å². The van der Waals surface area contributed by atoms with Crippen LogP contribution in [0.4, 0.5) is 5.69 Å². The summed E-state index contributed by atoms with van der Waals surface area (Å²) in [6, 6.07) is 15.5. The highest BCUT2D eigenvalue weighted by atomic mass is 16.2. The van der Waals surface area contributed by atoms with Gasteiger partial charge < -0.3 is 15.1 Å². The van der Waals surface area contributed by atoms with Crippen molar-refractivity contribution >= 4 is 17.5 Å². The van der Waals surface area contributed by atoms with Gasteiger partial charge in [0.2, 0.25) is 0 Å². The van der Waals surface area contributed by atoms with E-state index >= 15 is 0 Å². The molecule has 1 fully saturated rings. The number of para-hydroxylation sites is 1. The molecule has 5 nitrogen and oxygen atoms in total. The van der Waals surface area contributed by atoms with E-state index in [-0.39, 0.29) is 11.8 Å². The Labute approximate surface area is 160 Å². The van der Waals surface area contributed by atoms with Crippen molar-refractivity contribution in [3.8, 4) is 0 Å². The first kappa shape index (κ1) is 17.6. The topological polar surface area (TPSA) is 52.7 Å². The molecule has 0 bridgehead atoms. The summed E-state index contributed by atoms with van der Waals surface area (Å²) in [5.74, 6) is 0.0454. The van der Waals surface area contributed by atoms with Gasteiger partial charge in [0.25, 0.3) is 11.8 Å². The Bertz CT molecular complexity index is 867. The third kappa shape index (κ3) is 2.97. The molecule has 1 saturated heterocycles. The van der Waals surface area contributed by atoms with E-state index < -0.39 is 5.66 Å². The summed E-state index contributed by atoms with van der Waals surface area (Å²) in [5, 5.41) is 3.24. The molecule has 0 aliphatic carbocycles. The van der Waals surface area contributed by atoms with Crippen LogP contribution in [0.15, 0.2) is 48.5 Å². The fourth-order valence-corrected chi connectivity index (χ4v) is 4.30. The van der Waals surface area contributed by atoms with E-state index in [1.165, 1.54) is 0 Å². The van der Waals surface area contributed by atoms with Gasteiger partial charge >= 0.3 is 0 Å². The predicted molar refractivity (Wildman–Crippen MR) is 106 cm³/mol. The average molecular weight is 363 g/mol. The zero-order valence-electron chi connectivity index (χ0n) is 15.9. The van der Waals surface area contributed by atoms with Crippen molar-refractivity contribution < 1.29 is 9.59 Å². The van der Waals surface area contributed by atoms with Crippen molar-refractivity contribution in [3.63, 3.8) is 0 Å². The zero-order valence-corrected chi connectivity index (χ0v) is 15.9. The molecule has 5 heteroatoms. The van der Waals surface area contributed by atoms with Crippen LogP contribution in [0.5, 0.6) is 0 Å². The van der Waals surface area contributed by atoms with E-state index in [1.54, 1.807) is 0 Å². The normalized spacial score (nSPS) is 18.2. The molecule has 0 radical (unpaired) electrons. The summed E-state index contributed by atoms with van der Waals surface area (Å²) in [7, 11) is 0. The maximum Gasteiger partial charge on any atom is 0.255 e. The first-order valence-electron chi connectivity index (χ1n) is 9.59. The second-order valence-electron chi connectivity index (χ2n) is 7.41. The molecule has 0 atom stereocenters. The maximum atomic E-state index is 12.8. The van der Waals surface area contributed by atoms with Crippen molar-refractivity contribution in [1.29, 1.82) is 0 Å². The maximum absolute atomic E-state index is 12.8. The second kappa shape index (κ2) is 6.72. The van der Waals surface area contributed by atoms with Crippen molar-refractivity contribution in [3.05, 3.63) is 65.2 Å². The fraction of sp³-hybridized carbons (Fsp3) is 0.364. The molecule has 2 amide bonds. The Morgan fingerprint density at radius 3 is 2.41 bits per heavy atom. The van der Waals surface area contributed by atoms with E-state index in [0.717, 1.165) is 41.8 Å². The number of hydrogen-bond acceptors (Lipinski definition) is 3. The van der Waals surface area contributed by atoms with Crippen LogP contribution in [0.3, 0.4) is 0 Å². The third-order valence-electron chi connectivity index (χ3n) is 5.79. The smallest absolute Gasteiger partial charge is 0.255 e. The van der Waals surface area contributed by atoms with Crippen molar-refractivity contribution in [2.45, 2.75) is 32.4 Å². The number of nitrogens with zero attached hydrogens (tertiary/aromatic N) is 2. The minimum Gasteiger partial charge on any atom is -0.348 e. The van der Waals surface area contributed by atoms with Gasteiger partial charge in [-0.25, -0.2) is 0 Å². The van der Waals surface area contributed by atoms with Crippen LogP contribution in [-0.4, -0.2) is 42.0 Å². The van der Waals surface area contributed by atoms with Gasteiger partial charge in [0.1, 0.15) is 5.66 Å². The summed E-state index contributed by atoms with van der Waals surface area (Å²) in [5.41, 5.74) is 3.17. The predicted octanol–water partition coefficient (Wildman–Crippen LogP) is 3.20. The van der Waals surface area contributed by atoms with Gasteiger partial charge in [-0.2, -0.15) is 0 Å². The molecular weight excluding hydrogens is 338 g/mol. The van der Waals surface area contributed by atoms with Crippen LogP contribution in [-0.2, 0) is 0 Å². The molecule has 2 aliphatic heterocycles. The van der Waals surface area contributed by atoms with Gasteiger partial charge in [-0.05, 0) is 38.1 Å². The number of rotatable bonds is 2. The lowest BCUT2D eigenvalue weighted by atomic mass is 9.89. The number of likely N-dealkylation sites (tertiary alicyclic amines) is 1. The minimum atomic E-state index is -0.412. The van der Waals surface area contributed by atoms with Crippen LogP contribution < -0.4 is 10.2 Å². The molecule has 1 spiro atoms. The number of piperidine rings is 1. The summed E-state index contributed by atoms with van der Waals surface area (Å²) >= 11 is 0. The molecule has 1 N–H and O–H groups in total. The first-order valence-corrected chi connectivity index (χ1v) is 9.59. The molecular formula is C22H25N3O2. The highest BCUT2D eigenvalue weighted by molar-refractivity contribution is 6.02. The Balaban J connectivity index is 1.55. The number of benzene rings is 2. The average Bonchev–Trinajstić information content (AvgIpc) is 2.69. The lowest BCUT2D eigenvalue weighted by Gasteiger charge is -2.52. The van der Waals surface area contributed by atoms with E-state index in [0.29, 0.717) is 13.1 Å². The number of amides is 2. The Morgan fingerprint density at radius 2 is 1.74 bits per heavy atom. The zero-order chi connectivity index (χ0) is 19.0. The number of aryl methyl sites for hydroxylation is 1. The highest BCUT2D eigenvalue weighted by Gasteiger charge is 2.45. The molecule has 2 aromatic carbocycles. The van der Waals surface area contributed by atoms with Crippen molar-refractivity contribution in [2.24, 2.45) is 0 Å². The van der Waals surface area contributed by atoms with Crippen molar-refractivity contribution in [2.75, 3.05) is 24.5 Å².